The monoisotopic (exact) mass is 294 g/mol. The lowest BCUT2D eigenvalue weighted by atomic mass is 10.2. The zero-order valence-corrected chi connectivity index (χ0v) is 13.1. The molecule has 0 saturated heterocycles. The van der Waals surface area contributed by atoms with E-state index in [1.165, 1.54) is 11.9 Å². The van der Waals surface area contributed by atoms with E-state index in [1.807, 2.05) is 24.3 Å². The Hall–Kier alpha value is -2.55. The lowest BCUT2D eigenvalue weighted by Crippen LogP contribution is -2.21. The Labute approximate surface area is 132 Å². The molecule has 0 amide bonds. The summed E-state index contributed by atoms with van der Waals surface area (Å²) >= 11 is 0. The molecule has 0 aromatic heterocycles. The van der Waals surface area contributed by atoms with Crippen LogP contribution in [0, 0.1) is 5.21 Å². The molecule has 3 heteroatoms. The molecule has 0 saturated carbocycles. The average molecular weight is 294 g/mol. The van der Waals surface area contributed by atoms with Gasteiger partial charge in [0.2, 0.25) is 5.69 Å². The minimum atomic E-state index is 0.629. The van der Waals surface area contributed by atoms with Gasteiger partial charge >= 0.3 is 0 Å². The van der Waals surface area contributed by atoms with E-state index in [1.54, 1.807) is 18.2 Å². The van der Waals surface area contributed by atoms with Gasteiger partial charge in [0.15, 0.2) is 6.21 Å². The van der Waals surface area contributed by atoms with Gasteiger partial charge in [0.1, 0.15) is 0 Å². The van der Waals surface area contributed by atoms with Crippen molar-refractivity contribution in [2.45, 2.75) is 13.8 Å². The summed E-state index contributed by atoms with van der Waals surface area (Å²) in [4.78, 5) is 2.30. The van der Waals surface area contributed by atoms with Gasteiger partial charge in [0.05, 0.1) is 0 Å². The molecule has 0 aliphatic heterocycles. The molecule has 0 radical (unpaired) electrons. The fourth-order valence-electron chi connectivity index (χ4n) is 2.28. The summed E-state index contributed by atoms with van der Waals surface area (Å²) in [5, 5.41) is 11.9. The summed E-state index contributed by atoms with van der Waals surface area (Å²) in [6, 6.07) is 17.5. The normalized spacial score (nSPS) is 11.8. The highest BCUT2D eigenvalue weighted by atomic mass is 16.5. The highest BCUT2D eigenvalue weighted by Crippen LogP contribution is 2.15. The maximum absolute atomic E-state index is 11.9. The predicted octanol–water partition coefficient (Wildman–Crippen LogP) is 4.46. The van der Waals surface area contributed by atoms with Crippen molar-refractivity contribution in [2.24, 2.45) is 0 Å². The van der Waals surface area contributed by atoms with Crippen LogP contribution in [0.1, 0.15) is 19.4 Å². The van der Waals surface area contributed by atoms with Gasteiger partial charge < -0.3 is 10.1 Å². The first kappa shape index (κ1) is 15.8. The van der Waals surface area contributed by atoms with Crippen molar-refractivity contribution < 1.29 is 4.74 Å². The van der Waals surface area contributed by atoms with E-state index in [-0.39, 0.29) is 0 Å². The van der Waals surface area contributed by atoms with Crippen LogP contribution in [-0.2, 0) is 0 Å². The number of anilines is 1. The third kappa shape index (κ3) is 4.22. The maximum atomic E-state index is 11.9. The number of nitrogens with zero attached hydrogens (tertiary/aromatic N) is 2. The molecule has 0 unspecified atom stereocenters. The Balaban J connectivity index is 2.04. The number of hydrogen-bond donors (Lipinski definition) is 0. The van der Waals surface area contributed by atoms with E-state index in [4.69, 9.17) is 0 Å². The molecule has 2 rings (SSSR count). The van der Waals surface area contributed by atoms with Crippen molar-refractivity contribution in [3.8, 4) is 0 Å². The molecule has 3 nitrogen and oxygen atoms in total. The largest absolute Gasteiger partial charge is 0.618 e. The molecule has 0 bridgehead atoms. The second-order valence-electron chi connectivity index (χ2n) is 4.93. The van der Waals surface area contributed by atoms with Crippen molar-refractivity contribution >= 4 is 23.7 Å². The van der Waals surface area contributed by atoms with Crippen LogP contribution in [0.2, 0.25) is 0 Å². The van der Waals surface area contributed by atoms with E-state index in [2.05, 4.69) is 43.0 Å². The molecule has 22 heavy (non-hydrogen) atoms. The van der Waals surface area contributed by atoms with Crippen LogP contribution in [0.3, 0.4) is 0 Å². The minimum Gasteiger partial charge on any atom is -0.618 e. The number of para-hydroxylation sites is 1. The summed E-state index contributed by atoms with van der Waals surface area (Å²) in [5.74, 6) is 0. The summed E-state index contributed by atoms with van der Waals surface area (Å²) < 4.78 is 0.862. The van der Waals surface area contributed by atoms with E-state index in [9.17, 15) is 5.21 Å². The van der Waals surface area contributed by atoms with Crippen molar-refractivity contribution in [1.82, 2.24) is 0 Å². The first-order valence-electron chi connectivity index (χ1n) is 7.62. The van der Waals surface area contributed by atoms with Gasteiger partial charge in [-0.2, -0.15) is 4.74 Å². The summed E-state index contributed by atoms with van der Waals surface area (Å²) in [6.07, 6.45) is 5.22. The highest BCUT2D eigenvalue weighted by Gasteiger charge is 2.00. The van der Waals surface area contributed by atoms with Crippen LogP contribution in [0.5, 0.6) is 0 Å². The third-order valence-electron chi connectivity index (χ3n) is 3.54. The molecule has 2 aromatic carbocycles. The van der Waals surface area contributed by atoms with Crippen LogP contribution >= 0.6 is 0 Å². The fourth-order valence-corrected chi connectivity index (χ4v) is 2.28. The Bertz CT molecular complexity index is 626. The smallest absolute Gasteiger partial charge is 0.216 e. The van der Waals surface area contributed by atoms with Crippen molar-refractivity contribution in [3.05, 3.63) is 71.4 Å². The molecule has 0 aliphatic carbocycles. The topological polar surface area (TPSA) is 29.3 Å². The summed E-state index contributed by atoms with van der Waals surface area (Å²) in [5.41, 5.74) is 2.93. The van der Waals surface area contributed by atoms with E-state index >= 15 is 0 Å². The van der Waals surface area contributed by atoms with Crippen LogP contribution in [0.25, 0.3) is 6.08 Å². The van der Waals surface area contributed by atoms with Gasteiger partial charge in [-0.05, 0) is 37.6 Å². The van der Waals surface area contributed by atoms with E-state index in [0.717, 1.165) is 23.4 Å². The Morgan fingerprint density at radius 2 is 1.59 bits per heavy atom. The van der Waals surface area contributed by atoms with Crippen molar-refractivity contribution in [2.75, 3.05) is 18.0 Å². The lowest BCUT2D eigenvalue weighted by Gasteiger charge is -2.20. The SMILES string of the molecule is CCN(CC)c1ccc(C=CC=[N+]([O-])c2ccccc2)cc1. The van der Waals surface area contributed by atoms with Crippen molar-refractivity contribution in [1.29, 1.82) is 0 Å². The van der Waals surface area contributed by atoms with Crippen LogP contribution in [-0.4, -0.2) is 24.0 Å². The molecule has 0 heterocycles. The molecule has 0 N–H and O–H groups in total. The molecule has 0 fully saturated rings. The number of rotatable bonds is 6. The average Bonchev–Trinajstić information content (AvgIpc) is 2.58. The highest BCUT2D eigenvalue weighted by molar-refractivity contribution is 5.76. The van der Waals surface area contributed by atoms with Gasteiger partial charge in [-0.25, -0.2) is 0 Å². The first-order chi connectivity index (χ1) is 10.7. The van der Waals surface area contributed by atoms with E-state index < -0.39 is 0 Å². The second kappa shape index (κ2) is 8.03. The zero-order valence-electron chi connectivity index (χ0n) is 13.1. The number of hydrogen-bond acceptors (Lipinski definition) is 2. The van der Waals surface area contributed by atoms with Crippen molar-refractivity contribution in [3.63, 3.8) is 0 Å². The maximum Gasteiger partial charge on any atom is 0.216 e. The van der Waals surface area contributed by atoms with E-state index in [0.29, 0.717) is 5.69 Å². The standard InChI is InChI=1S/C19H22N2O/c1-3-20(4-2)18-14-12-17(13-15-18)9-8-16-21(22)19-10-6-5-7-11-19/h5-16H,3-4H2,1-2H3. The second-order valence-corrected chi connectivity index (χ2v) is 4.93. The molecule has 0 spiro atoms. The van der Waals surface area contributed by atoms with Crippen LogP contribution < -0.4 is 4.90 Å². The Morgan fingerprint density at radius 1 is 0.955 bits per heavy atom. The lowest BCUT2D eigenvalue weighted by molar-refractivity contribution is -0.354. The summed E-state index contributed by atoms with van der Waals surface area (Å²) in [6.45, 7) is 6.31. The zero-order chi connectivity index (χ0) is 15.8. The molecule has 0 aliphatic rings. The fraction of sp³-hybridized carbons (Fsp3) is 0.211. The number of benzene rings is 2. The summed E-state index contributed by atoms with van der Waals surface area (Å²) in [7, 11) is 0. The predicted molar refractivity (Wildman–Crippen MR) is 94.8 cm³/mol. The Kier molecular flexibility index (Phi) is 5.78. The molecule has 0 atom stereocenters. The van der Waals surface area contributed by atoms with Crippen LogP contribution in [0.15, 0.2) is 60.7 Å². The third-order valence-corrected chi connectivity index (χ3v) is 3.54. The number of allylic oxidation sites excluding steroid dienone is 1. The minimum absolute atomic E-state index is 0.629. The first-order valence-corrected chi connectivity index (χ1v) is 7.62. The molecule has 2 aromatic rings. The quantitative estimate of drug-likeness (QED) is 0.341. The van der Waals surface area contributed by atoms with Gasteiger partial charge in [-0.15, -0.1) is 0 Å². The van der Waals surface area contributed by atoms with Gasteiger partial charge in [-0.3, -0.25) is 0 Å². The van der Waals surface area contributed by atoms with Gasteiger partial charge in [-0.1, -0.05) is 30.3 Å². The van der Waals surface area contributed by atoms with Gasteiger partial charge in [0, 0.05) is 37.0 Å². The van der Waals surface area contributed by atoms with Gasteiger partial charge in [0.25, 0.3) is 0 Å². The Morgan fingerprint density at radius 3 is 2.18 bits per heavy atom. The molecular weight excluding hydrogens is 272 g/mol. The molecule has 114 valence electrons. The van der Waals surface area contributed by atoms with Crippen LogP contribution in [0.4, 0.5) is 11.4 Å². The molecular formula is C19H22N2O.